The number of fused-ring (bicyclic) bond motifs is 1. The van der Waals surface area contributed by atoms with Crippen molar-refractivity contribution in [3.8, 4) is 0 Å². The Morgan fingerprint density at radius 1 is 1.19 bits per heavy atom. The van der Waals surface area contributed by atoms with Gasteiger partial charge in [0, 0.05) is 37.5 Å². The summed E-state index contributed by atoms with van der Waals surface area (Å²) in [6.07, 6.45) is 6.63. The molecule has 3 heterocycles. The van der Waals surface area contributed by atoms with E-state index in [2.05, 4.69) is 20.0 Å². The monoisotopic (exact) mass is 283 g/mol. The molecule has 1 saturated heterocycles. The molecule has 108 valence electrons. The van der Waals surface area contributed by atoms with Gasteiger partial charge in [0.05, 0.1) is 12.2 Å². The molecule has 4 rings (SSSR count). The van der Waals surface area contributed by atoms with Gasteiger partial charge in [-0.05, 0) is 30.9 Å². The summed E-state index contributed by atoms with van der Waals surface area (Å²) in [4.78, 5) is 22.7. The Morgan fingerprint density at radius 3 is 2.81 bits per heavy atom. The van der Waals surface area contributed by atoms with Crippen molar-refractivity contribution in [3.05, 3.63) is 46.1 Å². The molecule has 2 aromatic heterocycles. The summed E-state index contributed by atoms with van der Waals surface area (Å²) in [6.45, 7) is 2.46. The molecule has 2 aromatic rings. The average molecular weight is 283 g/mol. The first kappa shape index (κ1) is 12.5. The lowest BCUT2D eigenvalue weighted by atomic mass is 10.0. The predicted molar refractivity (Wildman–Crippen MR) is 78.3 cm³/mol. The van der Waals surface area contributed by atoms with Crippen LogP contribution >= 0.6 is 0 Å². The summed E-state index contributed by atoms with van der Waals surface area (Å²) in [5.41, 5.74) is 2.28. The molecule has 21 heavy (non-hydrogen) atoms. The number of aryl methyl sites for hydroxylation is 2. The summed E-state index contributed by atoms with van der Waals surface area (Å²) in [5.74, 6) is 1.21. The molecular weight excluding hydrogens is 266 g/mol. The largest absolute Gasteiger partial charge is 0.340 e. The normalized spacial score (nSPS) is 17.6. The number of hydrogen-bond acceptors (Lipinski definition) is 5. The van der Waals surface area contributed by atoms with E-state index < -0.39 is 0 Å². The third-order valence-corrected chi connectivity index (χ3v) is 4.25. The van der Waals surface area contributed by atoms with E-state index in [9.17, 15) is 4.79 Å². The van der Waals surface area contributed by atoms with Gasteiger partial charge < -0.3 is 4.90 Å². The first-order valence-electron chi connectivity index (χ1n) is 7.41. The third kappa shape index (κ3) is 2.30. The molecule has 0 bridgehead atoms. The molecule has 1 aliphatic carbocycles. The predicted octanol–water partition coefficient (Wildman–Crippen LogP) is 0.658. The maximum atomic E-state index is 12.1. The van der Waals surface area contributed by atoms with E-state index in [0.29, 0.717) is 12.5 Å². The number of rotatable bonds is 3. The minimum atomic E-state index is 0.0325. The van der Waals surface area contributed by atoms with Crippen LogP contribution in [0.1, 0.15) is 17.7 Å². The molecule has 1 aliphatic heterocycles. The van der Waals surface area contributed by atoms with Crippen LogP contribution in [-0.2, 0) is 19.4 Å². The summed E-state index contributed by atoms with van der Waals surface area (Å²) >= 11 is 0. The number of hydrogen-bond donors (Lipinski definition) is 0. The first-order chi connectivity index (χ1) is 10.3. The van der Waals surface area contributed by atoms with Crippen molar-refractivity contribution in [1.29, 1.82) is 0 Å². The third-order valence-electron chi connectivity index (χ3n) is 4.25. The zero-order valence-electron chi connectivity index (χ0n) is 11.8. The molecule has 0 spiro atoms. The van der Waals surface area contributed by atoms with Gasteiger partial charge in [-0.1, -0.05) is 0 Å². The van der Waals surface area contributed by atoms with Gasteiger partial charge >= 0.3 is 0 Å². The van der Waals surface area contributed by atoms with Crippen LogP contribution in [0.3, 0.4) is 0 Å². The molecule has 0 N–H and O–H groups in total. The zero-order chi connectivity index (χ0) is 14.2. The van der Waals surface area contributed by atoms with Crippen molar-refractivity contribution >= 4 is 5.95 Å². The van der Waals surface area contributed by atoms with Crippen LogP contribution in [0.15, 0.2) is 29.3 Å². The van der Waals surface area contributed by atoms with E-state index >= 15 is 0 Å². The lowest BCUT2D eigenvalue weighted by Gasteiger charge is -2.39. The van der Waals surface area contributed by atoms with Gasteiger partial charge in [0.2, 0.25) is 5.95 Å². The fraction of sp³-hybridized carbons (Fsp3) is 0.467. The summed E-state index contributed by atoms with van der Waals surface area (Å²) in [6, 6.07) is 3.58. The van der Waals surface area contributed by atoms with Crippen LogP contribution in [0.25, 0.3) is 0 Å². The van der Waals surface area contributed by atoms with Crippen molar-refractivity contribution in [2.24, 2.45) is 5.92 Å². The van der Waals surface area contributed by atoms with E-state index in [4.69, 9.17) is 0 Å². The Morgan fingerprint density at radius 2 is 2.00 bits per heavy atom. The summed E-state index contributed by atoms with van der Waals surface area (Å²) in [7, 11) is 0. The Labute approximate surface area is 122 Å². The van der Waals surface area contributed by atoms with Crippen LogP contribution in [0.5, 0.6) is 0 Å². The van der Waals surface area contributed by atoms with Crippen LogP contribution in [0, 0.1) is 5.92 Å². The highest BCUT2D eigenvalue weighted by Crippen LogP contribution is 2.22. The molecule has 0 atom stereocenters. The Kier molecular flexibility index (Phi) is 2.94. The van der Waals surface area contributed by atoms with Gasteiger partial charge in [-0.25, -0.2) is 14.6 Å². The van der Waals surface area contributed by atoms with Crippen LogP contribution < -0.4 is 10.5 Å². The zero-order valence-corrected chi connectivity index (χ0v) is 11.8. The molecule has 0 aromatic carbocycles. The van der Waals surface area contributed by atoms with E-state index in [0.717, 1.165) is 49.6 Å². The molecule has 0 unspecified atom stereocenters. The quantitative estimate of drug-likeness (QED) is 0.828. The van der Waals surface area contributed by atoms with E-state index in [-0.39, 0.29) is 5.56 Å². The van der Waals surface area contributed by atoms with E-state index in [1.54, 1.807) is 23.1 Å². The van der Waals surface area contributed by atoms with E-state index in [1.165, 1.54) is 0 Å². The second-order valence-corrected chi connectivity index (χ2v) is 5.81. The highest BCUT2D eigenvalue weighted by atomic mass is 16.1. The second-order valence-electron chi connectivity index (χ2n) is 5.81. The first-order valence-corrected chi connectivity index (χ1v) is 7.41. The van der Waals surface area contributed by atoms with Gasteiger partial charge in [0.1, 0.15) is 0 Å². The Bertz CT molecular complexity index is 706. The number of anilines is 1. The van der Waals surface area contributed by atoms with Gasteiger partial charge in [-0.3, -0.25) is 4.79 Å². The van der Waals surface area contributed by atoms with Crippen LogP contribution in [-0.4, -0.2) is 32.8 Å². The second kappa shape index (κ2) is 4.95. The van der Waals surface area contributed by atoms with Crippen LogP contribution in [0.2, 0.25) is 0 Å². The fourth-order valence-corrected chi connectivity index (χ4v) is 3.12. The fourth-order valence-electron chi connectivity index (χ4n) is 3.12. The molecular formula is C15H17N5O. The molecule has 0 amide bonds. The average Bonchev–Trinajstić information content (AvgIpc) is 2.90. The Balaban J connectivity index is 1.44. The lowest BCUT2D eigenvalue weighted by molar-refractivity contribution is 0.329. The minimum absolute atomic E-state index is 0.0325. The summed E-state index contributed by atoms with van der Waals surface area (Å²) in [5, 5.41) is 4.53. The van der Waals surface area contributed by atoms with Crippen molar-refractivity contribution < 1.29 is 0 Å². The van der Waals surface area contributed by atoms with Crippen molar-refractivity contribution in [2.45, 2.75) is 25.8 Å². The molecule has 0 radical (unpaired) electrons. The number of aromatic nitrogens is 4. The van der Waals surface area contributed by atoms with Crippen molar-refractivity contribution in [1.82, 2.24) is 19.7 Å². The standard InChI is InChI=1S/C15H17N5O/c21-14-7-12-3-1-4-13(12)18-20(14)10-11-8-19(9-11)15-16-5-2-6-17-15/h2,5-7,11H,1,3-4,8-10H2. The van der Waals surface area contributed by atoms with Gasteiger partial charge in [0.15, 0.2) is 0 Å². The highest BCUT2D eigenvalue weighted by Gasteiger charge is 2.29. The highest BCUT2D eigenvalue weighted by molar-refractivity contribution is 5.32. The SMILES string of the molecule is O=c1cc2c(nn1CC1CN(c3ncccn3)C1)CCC2. The maximum absolute atomic E-state index is 12.1. The molecule has 6 heteroatoms. The number of nitrogens with zero attached hydrogens (tertiary/aromatic N) is 5. The lowest BCUT2D eigenvalue weighted by Crippen LogP contribution is -2.50. The maximum Gasteiger partial charge on any atom is 0.267 e. The molecule has 6 nitrogen and oxygen atoms in total. The van der Waals surface area contributed by atoms with Gasteiger partial charge in [-0.15, -0.1) is 0 Å². The molecule has 2 aliphatic rings. The Hall–Kier alpha value is -2.24. The van der Waals surface area contributed by atoms with Crippen molar-refractivity contribution in [2.75, 3.05) is 18.0 Å². The topological polar surface area (TPSA) is 63.9 Å². The van der Waals surface area contributed by atoms with Gasteiger partial charge in [-0.2, -0.15) is 5.10 Å². The van der Waals surface area contributed by atoms with Crippen LogP contribution in [0.4, 0.5) is 5.95 Å². The minimum Gasteiger partial charge on any atom is -0.340 e. The summed E-state index contributed by atoms with van der Waals surface area (Å²) < 4.78 is 1.64. The van der Waals surface area contributed by atoms with Crippen molar-refractivity contribution in [3.63, 3.8) is 0 Å². The molecule has 1 fully saturated rings. The van der Waals surface area contributed by atoms with E-state index in [1.807, 2.05) is 6.07 Å². The smallest absolute Gasteiger partial charge is 0.267 e. The van der Waals surface area contributed by atoms with Gasteiger partial charge in [0.25, 0.3) is 5.56 Å². The molecule has 0 saturated carbocycles.